The van der Waals surface area contributed by atoms with Crippen molar-refractivity contribution in [3.8, 4) is 5.75 Å². The number of ether oxygens (including phenoxy) is 1. The third-order valence-electron chi connectivity index (χ3n) is 6.00. The zero-order valence-corrected chi connectivity index (χ0v) is 21.3. The molecule has 1 fully saturated rings. The number of carbonyl (C=O) groups excluding carboxylic acids is 2. The molecule has 4 rings (SSSR count). The fourth-order valence-corrected chi connectivity index (χ4v) is 8.02. The number of carbonyl (C=O) groups is 2. The van der Waals surface area contributed by atoms with Crippen LogP contribution in [0.3, 0.4) is 0 Å². The number of nitrogens with one attached hydrogen (secondary N) is 2. The third kappa shape index (κ3) is 5.16. The second-order valence-corrected chi connectivity index (χ2v) is 12.7. The molecule has 2 atom stereocenters. The molecule has 2 N–H and O–H groups in total. The van der Waals surface area contributed by atoms with Crippen LogP contribution in [0.1, 0.15) is 50.9 Å². The van der Waals surface area contributed by atoms with Gasteiger partial charge in [0.15, 0.2) is 15.6 Å². The molecule has 7 nitrogen and oxygen atoms in total. The highest BCUT2D eigenvalue weighted by atomic mass is 35.5. The Balaban J connectivity index is 1.64. The van der Waals surface area contributed by atoms with Crippen molar-refractivity contribution in [2.75, 3.05) is 23.9 Å². The second-order valence-electron chi connectivity index (χ2n) is 8.56. The molecular formula is C22H24Cl2N2O5S2. The van der Waals surface area contributed by atoms with Crippen LogP contribution in [0.15, 0.2) is 12.1 Å². The van der Waals surface area contributed by atoms with Gasteiger partial charge in [-0.2, -0.15) is 0 Å². The highest BCUT2D eigenvalue weighted by Crippen LogP contribution is 2.40. The van der Waals surface area contributed by atoms with Gasteiger partial charge in [-0.3, -0.25) is 9.59 Å². The van der Waals surface area contributed by atoms with E-state index in [0.717, 1.165) is 29.7 Å². The van der Waals surface area contributed by atoms with Crippen molar-refractivity contribution in [3.05, 3.63) is 43.7 Å². The Labute approximate surface area is 206 Å². The number of benzene rings is 1. The fraction of sp³-hybridized carbons (Fsp3) is 0.455. The van der Waals surface area contributed by atoms with E-state index in [9.17, 15) is 18.0 Å². The van der Waals surface area contributed by atoms with Gasteiger partial charge in [0, 0.05) is 16.5 Å². The van der Waals surface area contributed by atoms with E-state index in [1.165, 1.54) is 30.6 Å². The molecule has 2 amide bonds. The van der Waals surface area contributed by atoms with Crippen LogP contribution in [-0.2, 0) is 22.7 Å². The minimum absolute atomic E-state index is 0.0629. The third-order valence-corrected chi connectivity index (χ3v) is 9.50. The van der Waals surface area contributed by atoms with Crippen molar-refractivity contribution in [2.24, 2.45) is 5.92 Å². The monoisotopic (exact) mass is 530 g/mol. The Morgan fingerprint density at radius 3 is 2.45 bits per heavy atom. The Bertz CT molecular complexity index is 1200. The highest BCUT2D eigenvalue weighted by Gasteiger charge is 2.33. The number of amides is 2. The summed E-state index contributed by atoms with van der Waals surface area (Å²) in [7, 11) is -1.70. The van der Waals surface area contributed by atoms with E-state index < -0.39 is 21.8 Å². The first kappa shape index (κ1) is 24.3. The van der Waals surface area contributed by atoms with Gasteiger partial charge in [0.2, 0.25) is 0 Å². The lowest BCUT2D eigenvalue weighted by Gasteiger charge is -2.19. The molecule has 2 aliphatic rings. The van der Waals surface area contributed by atoms with Gasteiger partial charge in [0.05, 0.1) is 34.2 Å². The molecule has 0 bridgehead atoms. The Morgan fingerprint density at radius 1 is 1.15 bits per heavy atom. The highest BCUT2D eigenvalue weighted by molar-refractivity contribution is 7.91. The minimum Gasteiger partial charge on any atom is -0.494 e. The summed E-state index contributed by atoms with van der Waals surface area (Å²) in [6.45, 7) is 2.16. The van der Waals surface area contributed by atoms with Gasteiger partial charge >= 0.3 is 0 Å². The summed E-state index contributed by atoms with van der Waals surface area (Å²) in [5, 5.41) is 6.57. The van der Waals surface area contributed by atoms with Gasteiger partial charge in [-0.25, -0.2) is 8.42 Å². The van der Waals surface area contributed by atoms with Gasteiger partial charge in [-0.05, 0) is 49.3 Å². The summed E-state index contributed by atoms with van der Waals surface area (Å²) in [6, 6.07) is 2.49. The predicted octanol–water partition coefficient (Wildman–Crippen LogP) is 4.36. The molecule has 1 aliphatic carbocycles. The molecule has 0 unspecified atom stereocenters. The fourth-order valence-electron chi connectivity index (χ4n) is 4.31. The number of rotatable bonds is 5. The molecule has 33 heavy (non-hydrogen) atoms. The number of anilines is 1. The Kier molecular flexibility index (Phi) is 6.96. The number of halogens is 2. The molecule has 2 heterocycles. The van der Waals surface area contributed by atoms with E-state index in [-0.39, 0.29) is 38.8 Å². The molecule has 178 valence electrons. The van der Waals surface area contributed by atoms with E-state index in [4.69, 9.17) is 27.9 Å². The summed E-state index contributed by atoms with van der Waals surface area (Å²) in [4.78, 5) is 27.3. The number of fused-ring (bicyclic) bond motifs is 1. The lowest BCUT2D eigenvalue weighted by molar-refractivity contribution is 0.0941. The molecule has 1 saturated heterocycles. The van der Waals surface area contributed by atoms with Crippen LogP contribution < -0.4 is 15.4 Å². The maximum Gasteiger partial charge on any atom is 0.256 e. The van der Waals surface area contributed by atoms with Crippen LogP contribution in [0.2, 0.25) is 10.0 Å². The van der Waals surface area contributed by atoms with Gasteiger partial charge in [-0.15, -0.1) is 11.3 Å². The van der Waals surface area contributed by atoms with Crippen molar-refractivity contribution in [3.63, 3.8) is 0 Å². The van der Waals surface area contributed by atoms with Crippen molar-refractivity contribution in [1.82, 2.24) is 5.32 Å². The van der Waals surface area contributed by atoms with Crippen molar-refractivity contribution in [1.29, 1.82) is 0 Å². The van der Waals surface area contributed by atoms with Gasteiger partial charge in [0.25, 0.3) is 11.8 Å². The van der Waals surface area contributed by atoms with E-state index in [1.54, 1.807) is 0 Å². The molecule has 0 radical (unpaired) electrons. The first-order chi connectivity index (χ1) is 15.6. The summed E-state index contributed by atoms with van der Waals surface area (Å²) < 4.78 is 28.8. The van der Waals surface area contributed by atoms with E-state index in [0.29, 0.717) is 22.9 Å². The normalized spacial score (nSPS) is 21.3. The standard InChI is InChI=1S/C22H24Cl2N2O5S2/c1-11-3-4-14-17(7-11)32-22(18(14)21(28)25-13-5-6-33(29,30)10-13)26-20(27)12-8-15(23)19(31-2)16(24)9-12/h8-9,11,13H,3-7,10H2,1-2H3,(H,25,28)(H,26,27)/t11-,13+/m1/s1. The lowest BCUT2D eigenvalue weighted by Crippen LogP contribution is -2.36. The maximum absolute atomic E-state index is 13.2. The van der Waals surface area contributed by atoms with Gasteiger partial charge < -0.3 is 15.4 Å². The number of sulfone groups is 1. The summed E-state index contributed by atoms with van der Waals surface area (Å²) >= 11 is 13.7. The molecule has 1 aliphatic heterocycles. The zero-order chi connectivity index (χ0) is 23.9. The van der Waals surface area contributed by atoms with Gasteiger partial charge in [-0.1, -0.05) is 30.1 Å². The molecule has 1 aromatic carbocycles. The molecular weight excluding hydrogens is 507 g/mol. The number of hydrogen-bond acceptors (Lipinski definition) is 6. The average molecular weight is 531 g/mol. The maximum atomic E-state index is 13.2. The summed E-state index contributed by atoms with van der Waals surface area (Å²) in [5.41, 5.74) is 1.58. The van der Waals surface area contributed by atoms with E-state index >= 15 is 0 Å². The van der Waals surface area contributed by atoms with Crippen LogP contribution in [0.5, 0.6) is 5.75 Å². The number of methoxy groups -OCH3 is 1. The Morgan fingerprint density at radius 2 is 1.85 bits per heavy atom. The van der Waals surface area contributed by atoms with E-state index in [2.05, 4.69) is 17.6 Å². The van der Waals surface area contributed by atoms with Crippen molar-refractivity contribution < 1.29 is 22.7 Å². The summed E-state index contributed by atoms with van der Waals surface area (Å²) in [6.07, 6.45) is 2.89. The zero-order valence-electron chi connectivity index (χ0n) is 18.2. The van der Waals surface area contributed by atoms with Crippen LogP contribution in [0.4, 0.5) is 5.00 Å². The molecule has 2 aromatic rings. The van der Waals surface area contributed by atoms with Crippen LogP contribution in [-0.4, -0.2) is 44.9 Å². The molecule has 1 aromatic heterocycles. The first-order valence-electron chi connectivity index (χ1n) is 10.6. The van der Waals surface area contributed by atoms with Crippen molar-refractivity contribution >= 4 is 61.2 Å². The quantitative estimate of drug-likeness (QED) is 0.597. The molecule has 11 heteroatoms. The molecule has 0 spiro atoms. The van der Waals surface area contributed by atoms with E-state index in [1.807, 2.05) is 0 Å². The van der Waals surface area contributed by atoms with Crippen LogP contribution in [0.25, 0.3) is 0 Å². The average Bonchev–Trinajstić information content (AvgIpc) is 3.25. The second kappa shape index (κ2) is 9.44. The number of hydrogen-bond donors (Lipinski definition) is 2. The summed E-state index contributed by atoms with van der Waals surface area (Å²) in [5.74, 6) is -0.0421. The SMILES string of the molecule is COc1c(Cl)cc(C(=O)Nc2sc3c(c2C(=O)N[C@H]2CCS(=O)(=O)C2)CC[C@@H](C)C3)cc1Cl. The van der Waals surface area contributed by atoms with Gasteiger partial charge in [0.1, 0.15) is 5.00 Å². The first-order valence-corrected chi connectivity index (χ1v) is 14.0. The number of thiophene rings is 1. The van der Waals surface area contributed by atoms with Crippen LogP contribution >= 0.6 is 34.5 Å². The minimum atomic E-state index is -3.13. The topological polar surface area (TPSA) is 102 Å². The Hall–Kier alpha value is -1.81. The predicted molar refractivity (Wildman–Crippen MR) is 131 cm³/mol. The smallest absolute Gasteiger partial charge is 0.256 e. The van der Waals surface area contributed by atoms with Crippen LogP contribution in [0, 0.1) is 5.92 Å². The van der Waals surface area contributed by atoms with Crippen molar-refractivity contribution in [2.45, 2.75) is 38.6 Å². The molecule has 0 saturated carbocycles. The largest absolute Gasteiger partial charge is 0.494 e. The lowest BCUT2D eigenvalue weighted by atomic mass is 9.88.